The number of rotatable bonds is 5. The first kappa shape index (κ1) is 13.3. The van der Waals surface area contributed by atoms with Crippen LogP contribution >= 0.6 is 0 Å². The molecule has 1 heterocycles. The maximum atomic E-state index is 4.43. The minimum atomic E-state index is 0.736. The number of nitrogens with one attached hydrogen (secondary N) is 2. The fourth-order valence-electron chi connectivity index (χ4n) is 2.59. The lowest BCUT2D eigenvalue weighted by Gasteiger charge is -2.16. The fourth-order valence-corrected chi connectivity index (χ4v) is 2.59. The molecule has 0 amide bonds. The van der Waals surface area contributed by atoms with Gasteiger partial charge in [-0.05, 0) is 31.9 Å². The summed E-state index contributed by atoms with van der Waals surface area (Å²) >= 11 is 0. The molecule has 0 aromatic carbocycles. The molecule has 0 unspecified atom stereocenters. The molecular formula is C15H25N3. The third-order valence-corrected chi connectivity index (χ3v) is 3.61. The second-order valence-electron chi connectivity index (χ2n) is 5.23. The molecule has 0 aliphatic heterocycles. The lowest BCUT2D eigenvalue weighted by atomic mass is 10.1. The Morgan fingerprint density at radius 1 is 1.11 bits per heavy atom. The Bertz CT molecular complexity index is 343. The van der Waals surface area contributed by atoms with E-state index < -0.39 is 0 Å². The van der Waals surface area contributed by atoms with Crippen LogP contribution in [0.1, 0.15) is 44.2 Å². The quantitative estimate of drug-likeness (QED) is 0.620. The smallest absolute Gasteiger partial charge is 0.126 e. The Labute approximate surface area is 110 Å². The van der Waals surface area contributed by atoms with Gasteiger partial charge >= 0.3 is 0 Å². The average molecular weight is 247 g/mol. The molecule has 0 saturated heterocycles. The lowest BCUT2D eigenvalue weighted by Crippen LogP contribution is -2.32. The number of aryl methyl sites for hydroxylation is 1. The summed E-state index contributed by atoms with van der Waals surface area (Å²) in [6.45, 7) is 4.00. The van der Waals surface area contributed by atoms with E-state index in [1.807, 2.05) is 25.1 Å². The van der Waals surface area contributed by atoms with E-state index in [9.17, 15) is 0 Å². The van der Waals surface area contributed by atoms with Crippen LogP contribution in [0.5, 0.6) is 0 Å². The van der Waals surface area contributed by atoms with Crippen LogP contribution in [0.3, 0.4) is 0 Å². The van der Waals surface area contributed by atoms with Crippen LogP contribution in [0, 0.1) is 6.92 Å². The van der Waals surface area contributed by atoms with Crippen LogP contribution in [-0.2, 0) is 0 Å². The second-order valence-corrected chi connectivity index (χ2v) is 5.23. The molecule has 1 fully saturated rings. The molecule has 0 atom stereocenters. The van der Waals surface area contributed by atoms with Crippen molar-refractivity contribution >= 4 is 5.82 Å². The zero-order chi connectivity index (χ0) is 12.6. The topological polar surface area (TPSA) is 37.0 Å². The van der Waals surface area contributed by atoms with Crippen molar-refractivity contribution in [1.29, 1.82) is 0 Å². The summed E-state index contributed by atoms with van der Waals surface area (Å²) in [6, 6.07) is 6.83. The summed E-state index contributed by atoms with van der Waals surface area (Å²) in [5.74, 6) is 0.984. The molecule has 2 N–H and O–H groups in total. The van der Waals surface area contributed by atoms with Crippen LogP contribution < -0.4 is 10.6 Å². The molecule has 1 aliphatic carbocycles. The maximum Gasteiger partial charge on any atom is 0.126 e. The van der Waals surface area contributed by atoms with Crippen molar-refractivity contribution in [3.8, 4) is 0 Å². The third kappa shape index (κ3) is 4.65. The minimum absolute atomic E-state index is 0.736. The van der Waals surface area contributed by atoms with Crippen molar-refractivity contribution < 1.29 is 0 Å². The molecule has 0 radical (unpaired) electrons. The first-order valence-corrected chi connectivity index (χ1v) is 7.25. The standard InChI is InChI=1S/C15H25N3/c1-13-7-6-10-15(18-13)17-12-11-16-14-8-4-2-3-5-9-14/h6-7,10,14,16H,2-5,8-9,11-12H2,1H3,(H,17,18). The normalized spacial score (nSPS) is 17.4. The van der Waals surface area contributed by atoms with Gasteiger partial charge in [0.15, 0.2) is 0 Å². The van der Waals surface area contributed by atoms with Crippen molar-refractivity contribution in [2.45, 2.75) is 51.5 Å². The molecule has 1 aromatic heterocycles. The highest BCUT2D eigenvalue weighted by atomic mass is 15.0. The van der Waals surface area contributed by atoms with Gasteiger partial charge in [-0.25, -0.2) is 4.98 Å². The van der Waals surface area contributed by atoms with Gasteiger partial charge in [-0.15, -0.1) is 0 Å². The molecule has 1 aromatic rings. The molecular weight excluding hydrogens is 222 g/mol. The summed E-state index contributed by atoms with van der Waals surface area (Å²) in [4.78, 5) is 4.43. The van der Waals surface area contributed by atoms with Crippen LogP contribution in [0.2, 0.25) is 0 Å². The van der Waals surface area contributed by atoms with Gasteiger partial charge in [0, 0.05) is 24.8 Å². The zero-order valence-electron chi connectivity index (χ0n) is 11.4. The fraction of sp³-hybridized carbons (Fsp3) is 0.667. The van der Waals surface area contributed by atoms with Gasteiger partial charge in [0.1, 0.15) is 5.82 Å². The van der Waals surface area contributed by atoms with E-state index in [0.29, 0.717) is 0 Å². The summed E-state index contributed by atoms with van der Waals surface area (Å²) in [7, 11) is 0. The molecule has 1 saturated carbocycles. The van der Waals surface area contributed by atoms with E-state index >= 15 is 0 Å². The van der Waals surface area contributed by atoms with Gasteiger partial charge in [0.25, 0.3) is 0 Å². The predicted molar refractivity (Wildman–Crippen MR) is 77.0 cm³/mol. The molecule has 2 rings (SSSR count). The van der Waals surface area contributed by atoms with Gasteiger partial charge < -0.3 is 10.6 Å². The second kappa shape index (κ2) is 7.37. The number of nitrogens with zero attached hydrogens (tertiary/aromatic N) is 1. The van der Waals surface area contributed by atoms with Crippen LogP contribution in [-0.4, -0.2) is 24.1 Å². The van der Waals surface area contributed by atoms with Crippen molar-refractivity contribution in [2.75, 3.05) is 18.4 Å². The summed E-state index contributed by atoms with van der Waals surface area (Å²) < 4.78 is 0. The highest BCUT2D eigenvalue weighted by Crippen LogP contribution is 2.16. The summed E-state index contributed by atoms with van der Waals surface area (Å²) in [5, 5.41) is 7.02. The van der Waals surface area contributed by atoms with E-state index in [1.165, 1.54) is 38.5 Å². The monoisotopic (exact) mass is 247 g/mol. The third-order valence-electron chi connectivity index (χ3n) is 3.61. The van der Waals surface area contributed by atoms with Gasteiger partial charge in [-0.2, -0.15) is 0 Å². The Morgan fingerprint density at radius 2 is 1.89 bits per heavy atom. The highest BCUT2D eigenvalue weighted by Gasteiger charge is 2.10. The van der Waals surface area contributed by atoms with E-state index in [4.69, 9.17) is 0 Å². The molecule has 100 valence electrons. The Balaban J connectivity index is 1.63. The van der Waals surface area contributed by atoms with Gasteiger partial charge in [-0.3, -0.25) is 0 Å². The zero-order valence-corrected chi connectivity index (χ0v) is 11.4. The number of pyridine rings is 1. The lowest BCUT2D eigenvalue weighted by molar-refractivity contribution is 0.468. The van der Waals surface area contributed by atoms with Crippen LogP contribution in [0.25, 0.3) is 0 Å². The SMILES string of the molecule is Cc1cccc(NCCNC2CCCCCC2)n1. The van der Waals surface area contributed by atoms with Crippen molar-refractivity contribution in [1.82, 2.24) is 10.3 Å². The molecule has 0 bridgehead atoms. The first-order chi connectivity index (χ1) is 8.84. The number of aromatic nitrogens is 1. The molecule has 3 heteroatoms. The molecule has 18 heavy (non-hydrogen) atoms. The Kier molecular flexibility index (Phi) is 5.46. The number of hydrogen-bond donors (Lipinski definition) is 2. The number of hydrogen-bond acceptors (Lipinski definition) is 3. The van der Waals surface area contributed by atoms with Crippen molar-refractivity contribution in [3.05, 3.63) is 23.9 Å². The Hall–Kier alpha value is -1.09. The summed E-state index contributed by atoms with van der Waals surface area (Å²) in [5.41, 5.74) is 1.07. The average Bonchev–Trinajstić information content (AvgIpc) is 2.63. The summed E-state index contributed by atoms with van der Waals surface area (Å²) in [6.07, 6.45) is 8.33. The van der Waals surface area contributed by atoms with E-state index in [1.54, 1.807) is 0 Å². The molecule has 1 aliphatic rings. The molecule has 3 nitrogen and oxygen atoms in total. The predicted octanol–water partition coefficient (Wildman–Crippen LogP) is 3.11. The first-order valence-electron chi connectivity index (χ1n) is 7.25. The van der Waals surface area contributed by atoms with Crippen LogP contribution in [0.4, 0.5) is 5.82 Å². The van der Waals surface area contributed by atoms with E-state index in [2.05, 4.69) is 15.6 Å². The van der Waals surface area contributed by atoms with Crippen LogP contribution in [0.15, 0.2) is 18.2 Å². The van der Waals surface area contributed by atoms with Crippen molar-refractivity contribution in [3.63, 3.8) is 0 Å². The van der Waals surface area contributed by atoms with E-state index in [0.717, 1.165) is 30.6 Å². The van der Waals surface area contributed by atoms with Gasteiger partial charge in [-0.1, -0.05) is 31.7 Å². The molecule has 0 spiro atoms. The van der Waals surface area contributed by atoms with Gasteiger partial charge in [0.05, 0.1) is 0 Å². The Morgan fingerprint density at radius 3 is 2.61 bits per heavy atom. The highest BCUT2D eigenvalue weighted by molar-refractivity contribution is 5.34. The largest absolute Gasteiger partial charge is 0.369 e. The van der Waals surface area contributed by atoms with E-state index in [-0.39, 0.29) is 0 Å². The maximum absolute atomic E-state index is 4.43. The van der Waals surface area contributed by atoms with Crippen molar-refractivity contribution in [2.24, 2.45) is 0 Å². The minimum Gasteiger partial charge on any atom is -0.369 e. The number of anilines is 1. The van der Waals surface area contributed by atoms with Gasteiger partial charge in [0.2, 0.25) is 0 Å².